The minimum absolute atomic E-state index is 0.00605. The van der Waals surface area contributed by atoms with Gasteiger partial charge in [0.15, 0.2) is 0 Å². The lowest BCUT2D eigenvalue weighted by Crippen LogP contribution is -2.35. The highest BCUT2D eigenvalue weighted by molar-refractivity contribution is 5.81. The van der Waals surface area contributed by atoms with Crippen molar-refractivity contribution in [2.75, 3.05) is 6.61 Å². The van der Waals surface area contributed by atoms with E-state index in [1.54, 1.807) is 0 Å². The average Bonchev–Trinajstić information content (AvgIpc) is 2.99. The molecular formula is C23H30O2. The van der Waals surface area contributed by atoms with Gasteiger partial charge in [-0.3, -0.25) is 4.79 Å². The lowest BCUT2D eigenvalue weighted by atomic mass is 9.62. The van der Waals surface area contributed by atoms with Gasteiger partial charge in [0, 0.05) is 5.92 Å². The van der Waals surface area contributed by atoms with Crippen LogP contribution in [0.4, 0.5) is 0 Å². The van der Waals surface area contributed by atoms with Crippen LogP contribution in [0.15, 0.2) is 30.4 Å². The standard InChI is InChI=1S/C23H30O2/c1-15-10-17-14-25-20(24)23(17,12-15)13-16-6-7-18-19(11-16)22(4,5)9-8-21(18,2)3/h6-7,11,17H,1,8-10,12-14H2,2-5H3. The fourth-order valence-corrected chi connectivity index (χ4v) is 5.37. The zero-order valence-electron chi connectivity index (χ0n) is 16.1. The third kappa shape index (κ3) is 2.48. The van der Waals surface area contributed by atoms with E-state index in [1.165, 1.54) is 35.1 Å². The molecule has 0 spiro atoms. The molecule has 0 N–H and O–H groups in total. The van der Waals surface area contributed by atoms with E-state index in [0.717, 1.165) is 19.3 Å². The summed E-state index contributed by atoms with van der Waals surface area (Å²) in [5.74, 6) is 0.307. The number of carbonyl (C=O) groups excluding carboxylic acids is 1. The molecule has 1 saturated heterocycles. The molecule has 0 bridgehead atoms. The van der Waals surface area contributed by atoms with Gasteiger partial charge in [0.05, 0.1) is 12.0 Å². The fourth-order valence-electron chi connectivity index (χ4n) is 5.37. The maximum atomic E-state index is 12.6. The first-order valence-corrected chi connectivity index (χ1v) is 9.62. The van der Waals surface area contributed by atoms with Crippen molar-refractivity contribution in [1.29, 1.82) is 0 Å². The second-order valence-corrected chi connectivity index (χ2v) is 9.91. The summed E-state index contributed by atoms with van der Waals surface area (Å²) in [5.41, 5.74) is 5.51. The van der Waals surface area contributed by atoms with Gasteiger partial charge in [0.2, 0.25) is 0 Å². The quantitative estimate of drug-likeness (QED) is 0.555. The van der Waals surface area contributed by atoms with Crippen molar-refractivity contribution < 1.29 is 9.53 Å². The molecule has 0 amide bonds. The number of allylic oxidation sites excluding steroid dienone is 1. The zero-order chi connectivity index (χ0) is 18.0. The van der Waals surface area contributed by atoms with Crippen molar-refractivity contribution in [3.8, 4) is 0 Å². The van der Waals surface area contributed by atoms with Crippen molar-refractivity contribution in [2.45, 2.75) is 70.6 Å². The predicted molar refractivity (Wildman–Crippen MR) is 101 cm³/mol. The van der Waals surface area contributed by atoms with Crippen LogP contribution in [0.5, 0.6) is 0 Å². The molecule has 2 nitrogen and oxygen atoms in total. The van der Waals surface area contributed by atoms with Crippen molar-refractivity contribution in [2.24, 2.45) is 11.3 Å². The van der Waals surface area contributed by atoms with Gasteiger partial charge in [-0.15, -0.1) is 0 Å². The monoisotopic (exact) mass is 338 g/mol. The van der Waals surface area contributed by atoms with E-state index in [9.17, 15) is 4.79 Å². The summed E-state index contributed by atoms with van der Waals surface area (Å²) in [7, 11) is 0. The van der Waals surface area contributed by atoms with Crippen LogP contribution in [-0.2, 0) is 26.8 Å². The van der Waals surface area contributed by atoms with Crippen LogP contribution >= 0.6 is 0 Å². The van der Waals surface area contributed by atoms with Crippen LogP contribution < -0.4 is 0 Å². The number of fused-ring (bicyclic) bond motifs is 2. The lowest BCUT2D eigenvalue weighted by Gasteiger charge is -2.42. The summed E-state index contributed by atoms with van der Waals surface area (Å²) in [6, 6.07) is 6.95. The highest BCUT2D eigenvalue weighted by Crippen LogP contribution is 2.53. The average molecular weight is 338 g/mol. The van der Waals surface area contributed by atoms with Crippen molar-refractivity contribution >= 4 is 5.97 Å². The maximum absolute atomic E-state index is 12.6. The SMILES string of the molecule is C=C1CC2COC(=O)C2(Cc2ccc3c(c2)C(C)(C)CCC3(C)C)C1. The number of rotatable bonds is 2. The molecule has 0 aromatic heterocycles. The Morgan fingerprint density at radius 2 is 1.80 bits per heavy atom. The van der Waals surface area contributed by atoms with E-state index < -0.39 is 0 Å². The fraction of sp³-hybridized carbons (Fsp3) is 0.609. The van der Waals surface area contributed by atoms with Crippen LogP contribution in [0.2, 0.25) is 0 Å². The normalized spacial score (nSPS) is 32.2. The number of cyclic esters (lactones) is 1. The van der Waals surface area contributed by atoms with Crippen LogP contribution in [0.3, 0.4) is 0 Å². The minimum Gasteiger partial charge on any atom is -0.465 e. The molecule has 134 valence electrons. The van der Waals surface area contributed by atoms with Gasteiger partial charge >= 0.3 is 5.97 Å². The molecule has 2 aliphatic carbocycles. The van der Waals surface area contributed by atoms with Gasteiger partial charge in [-0.25, -0.2) is 0 Å². The Hall–Kier alpha value is -1.57. The van der Waals surface area contributed by atoms with Gasteiger partial charge in [0.25, 0.3) is 0 Å². The summed E-state index contributed by atoms with van der Waals surface area (Å²) in [6.07, 6.45) is 4.96. The zero-order valence-corrected chi connectivity index (χ0v) is 16.1. The Balaban J connectivity index is 1.73. The summed E-state index contributed by atoms with van der Waals surface area (Å²) in [6.45, 7) is 14.1. The Kier molecular flexibility index (Phi) is 3.52. The number of ether oxygens (including phenoxy) is 1. The number of hydrogen-bond donors (Lipinski definition) is 0. The van der Waals surface area contributed by atoms with Crippen LogP contribution in [-0.4, -0.2) is 12.6 Å². The molecule has 4 rings (SSSR count). The third-order valence-electron chi connectivity index (χ3n) is 7.14. The molecule has 1 aliphatic heterocycles. The first-order valence-electron chi connectivity index (χ1n) is 9.62. The number of carbonyl (C=O) groups is 1. The Bertz CT molecular complexity index is 755. The Labute approximate surface area is 151 Å². The number of hydrogen-bond acceptors (Lipinski definition) is 2. The van der Waals surface area contributed by atoms with Crippen molar-refractivity contribution in [1.82, 2.24) is 0 Å². The Morgan fingerprint density at radius 3 is 2.52 bits per heavy atom. The van der Waals surface area contributed by atoms with E-state index in [2.05, 4.69) is 52.5 Å². The van der Waals surface area contributed by atoms with Crippen LogP contribution in [0.25, 0.3) is 0 Å². The highest BCUT2D eigenvalue weighted by atomic mass is 16.5. The molecule has 1 heterocycles. The van der Waals surface area contributed by atoms with Gasteiger partial charge in [-0.2, -0.15) is 0 Å². The Morgan fingerprint density at radius 1 is 1.12 bits per heavy atom. The predicted octanol–water partition coefficient (Wildman–Crippen LogP) is 5.09. The molecule has 2 fully saturated rings. The smallest absolute Gasteiger partial charge is 0.313 e. The third-order valence-corrected chi connectivity index (χ3v) is 7.14. The topological polar surface area (TPSA) is 26.3 Å². The molecular weight excluding hydrogens is 308 g/mol. The summed E-state index contributed by atoms with van der Waals surface area (Å²) < 4.78 is 5.45. The van der Waals surface area contributed by atoms with Gasteiger partial charge in [0.1, 0.15) is 0 Å². The molecule has 3 aliphatic rings. The largest absolute Gasteiger partial charge is 0.465 e. The molecule has 1 aromatic rings. The molecule has 2 unspecified atom stereocenters. The summed E-state index contributed by atoms with van der Waals surface area (Å²) >= 11 is 0. The van der Waals surface area contributed by atoms with Crippen molar-refractivity contribution in [3.05, 3.63) is 47.0 Å². The molecule has 2 heteroatoms. The summed E-state index contributed by atoms with van der Waals surface area (Å²) in [5, 5.41) is 0. The van der Waals surface area contributed by atoms with Gasteiger partial charge in [-0.05, 0) is 59.6 Å². The first-order chi connectivity index (χ1) is 11.6. The van der Waals surface area contributed by atoms with E-state index in [1.807, 2.05) is 0 Å². The van der Waals surface area contributed by atoms with Crippen molar-refractivity contribution in [3.63, 3.8) is 0 Å². The van der Waals surface area contributed by atoms with E-state index in [-0.39, 0.29) is 22.2 Å². The second-order valence-electron chi connectivity index (χ2n) is 9.91. The second kappa shape index (κ2) is 5.22. The molecule has 25 heavy (non-hydrogen) atoms. The molecule has 0 radical (unpaired) electrons. The maximum Gasteiger partial charge on any atom is 0.313 e. The molecule has 2 atom stereocenters. The summed E-state index contributed by atoms with van der Waals surface area (Å²) in [4.78, 5) is 12.6. The van der Waals surface area contributed by atoms with Gasteiger partial charge in [-0.1, -0.05) is 58.0 Å². The minimum atomic E-state index is -0.361. The highest BCUT2D eigenvalue weighted by Gasteiger charge is 2.56. The van der Waals surface area contributed by atoms with E-state index in [4.69, 9.17) is 4.74 Å². The number of benzene rings is 1. The first kappa shape index (κ1) is 16.9. The molecule has 1 saturated carbocycles. The van der Waals surface area contributed by atoms with E-state index >= 15 is 0 Å². The molecule has 1 aromatic carbocycles. The van der Waals surface area contributed by atoms with Gasteiger partial charge < -0.3 is 4.74 Å². The van der Waals surface area contributed by atoms with Crippen LogP contribution in [0.1, 0.15) is 70.1 Å². The van der Waals surface area contributed by atoms with Crippen LogP contribution in [0, 0.1) is 11.3 Å². The van der Waals surface area contributed by atoms with E-state index in [0.29, 0.717) is 12.5 Å². The lowest BCUT2D eigenvalue weighted by molar-refractivity contribution is -0.146. The number of esters is 1.